The van der Waals surface area contributed by atoms with Crippen molar-refractivity contribution in [3.8, 4) is 0 Å². The number of hydrogen-bond donors (Lipinski definition) is 2. The minimum Gasteiger partial charge on any atom is -1.00 e. The Morgan fingerprint density at radius 1 is 0.650 bits per heavy atom. The molecule has 40 heavy (non-hydrogen) atoms. The number of halogens is 1. The molecule has 0 saturated carbocycles. The number of fused-ring (bicyclic) bond motifs is 1. The van der Waals surface area contributed by atoms with Crippen molar-refractivity contribution >= 4 is 26.5 Å². The molecular weight excluding hydrogens is 540 g/mol. The van der Waals surface area contributed by atoms with Crippen LogP contribution in [0, 0.1) is 0 Å². The molecule has 0 aliphatic carbocycles. The highest BCUT2D eigenvalue weighted by atomic mass is 35.5. The smallest absolute Gasteiger partial charge is 0.264 e. The van der Waals surface area contributed by atoms with E-state index in [-0.39, 0.29) is 23.8 Å². The van der Waals surface area contributed by atoms with Gasteiger partial charge in [-0.3, -0.25) is 4.31 Å². The van der Waals surface area contributed by atoms with Crippen LogP contribution in [0.3, 0.4) is 0 Å². The molecule has 0 aliphatic heterocycles. The third-order valence-corrected chi connectivity index (χ3v) is 8.66. The lowest BCUT2D eigenvalue weighted by Gasteiger charge is -2.29. The maximum absolute atomic E-state index is 14.0. The molecule has 7 heteroatoms. The van der Waals surface area contributed by atoms with Crippen molar-refractivity contribution in [3.63, 3.8) is 0 Å². The lowest BCUT2D eigenvalue weighted by Crippen LogP contribution is -3.10. The van der Waals surface area contributed by atoms with Crippen LogP contribution in [0.1, 0.15) is 11.1 Å². The van der Waals surface area contributed by atoms with Gasteiger partial charge in [-0.25, -0.2) is 8.42 Å². The first-order valence-corrected chi connectivity index (χ1v) is 14.6. The van der Waals surface area contributed by atoms with Gasteiger partial charge in [0.2, 0.25) is 0 Å². The molecule has 0 amide bonds. The number of nitrogens with zero attached hydrogens (tertiary/aromatic N) is 1. The molecule has 2 N–H and O–H groups in total. The van der Waals surface area contributed by atoms with Crippen molar-refractivity contribution in [2.75, 3.05) is 17.4 Å². The summed E-state index contributed by atoms with van der Waals surface area (Å²) in [4.78, 5) is 1.35. The molecule has 0 radical (unpaired) electrons. The average molecular weight is 573 g/mol. The zero-order valence-electron chi connectivity index (χ0n) is 22.1. The quantitative estimate of drug-likeness (QED) is 0.253. The van der Waals surface area contributed by atoms with Gasteiger partial charge in [-0.15, -0.1) is 0 Å². The van der Waals surface area contributed by atoms with Crippen molar-refractivity contribution < 1.29 is 30.8 Å². The van der Waals surface area contributed by atoms with Crippen LogP contribution in [0.15, 0.2) is 138 Å². The van der Waals surface area contributed by atoms with E-state index in [9.17, 15) is 13.5 Å². The summed E-state index contributed by atoms with van der Waals surface area (Å²) in [6, 6.07) is 42.2. The molecule has 1 atom stereocenters. The third-order valence-electron chi connectivity index (χ3n) is 6.86. The molecule has 0 bridgehead atoms. The highest BCUT2D eigenvalue weighted by molar-refractivity contribution is 7.92. The summed E-state index contributed by atoms with van der Waals surface area (Å²) in [5.41, 5.74) is 2.89. The maximum atomic E-state index is 14.0. The van der Waals surface area contributed by atoms with Crippen molar-refractivity contribution in [1.82, 2.24) is 0 Å². The summed E-state index contributed by atoms with van der Waals surface area (Å²) in [7, 11) is -3.93. The van der Waals surface area contributed by atoms with Gasteiger partial charge < -0.3 is 22.4 Å². The molecule has 5 rings (SSSR count). The number of aliphatic hydroxyl groups is 1. The number of anilines is 1. The monoisotopic (exact) mass is 572 g/mol. The molecule has 0 aromatic heterocycles. The fraction of sp³-hybridized carbons (Fsp3) is 0.152. The van der Waals surface area contributed by atoms with Gasteiger partial charge in [-0.2, -0.15) is 0 Å². The Bertz CT molecular complexity index is 1550. The molecule has 5 nitrogen and oxygen atoms in total. The number of rotatable bonds is 11. The second-order valence-corrected chi connectivity index (χ2v) is 11.6. The molecule has 0 saturated heterocycles. The molecule has 206 valence electrons. The highest BCUT2D eigenvalue weighted by Gasteiger charge is 2.30. The average Bonchev–Trinajstić information content (AvgIpc) is 2.97. The fourth-order valence-electron chi connectivity index (χ4n) is 5.04. The third kappa shape index (κ3) is 7.09. The van der Waals surface area contributed by atoms with Gasteiger partial charge in [0.1, 0.15) is 25.7 Å². The van der Waals surface area contributed by atoms with Crippen molar-refractivity contribution in [1.29, 1.82) is 0 Å². The van der Waals surface area contributed by atoms with Crippen LogP contribution in [0.25, 0.3) is 10.8 Å². The Labute approximate surface area is 242 Å². The van der Waals surface area contributed by atoms with Crippen LogP contribution in [0.2, 0.25) is 0 Å². The molecule has 0 aliphatic rings. The SMILES string of the molecule is O=S(=O)(c1ccccc1)N(CC(O)C[NH+](Cc1ccccc1)Cc1ccccc1)c1cccc2ccccc12.[Cl-]. The van der Waals surface area contributed by atoms with Crippen LogP contribution < -0.4 is 21.6 Å². The van der Waals surface area contributed by atoms with Crippen LogP contribution >= 0.6 is 0 Å². The maximum Gasteiger partial charge on any atom is 0.264 e. The lowest BCUT2D eigenvalue weighted by molar-refractivity contribution is -0.930. The van der Waals surface area contributed by atoms with Gasteiger partial charge in [0.05, 0.1) is 17.1 Å². The Kier molecular flexibility index (Phi) is 9.96. The topological polar surface area (TPSA) is 62.0 Å². The Balaban J connectivity index is 0.00000370. The number of aliphatic hydroxyl groups excluding tert-OH is 1. The standard InChI is InChI=1S/C33H32N2O3S.ClH/c36-30(25-34(23-27-13-4-1-5-14-27)24-28-15-6-2-7-16-28)26-35(39(37,38)31-19-8-3-9-20-31)33-22-12-18-29-17-10-11-21-32(29)33;/h1-22,30,36H,23-26H2;1H. The Morgan fingerprint density at radius 2 is 1.15 bits per heavy atom. The highest BCUT2D eigenvalue weighted by Crippen LogP contribution is 2.31. The van der Waals surface area contributed by atoms with E-state index in [2.05, 4.69) is 24.3 Å². The van der Waals surface area contributed by atoms with E-state index in [0.717, 1.165) is 15.7 Å². The second kappa shape index (κ2) is 13.6. The van der Waals surface area contributed by atoms with Crippen LogP contribution in [0.5, 0.6) is 0 Å². The van der Waals surface area contributed by atoms with E-state index >= 15 is 0 Å². The molecule has 0 spiro atoms. The molecule has 5 aromatic carbocycles. The first-order valence-electron chi connectivity index (χ1n) is 13.2. The lowest BCUT2D eigenvalue weighted by atomic mass is 10.1. The number of nitrogens with one attached hydrogen (secondary N) is 1. The normalized spacial score (nSPS) is 12.2. The molecule has 0 fully saturated rings. The second-order valence-electron chi connectivity index (χ2n) is 9.78. The van der Waals surface area contributed by atoms with Gasteiger partial charge in [0.25, 0.3) is 10.0 Å². The van der Waals surface area contributed by atoms with E-state index < -0.39 is 16.1 Å². The van der Waals surface area contributed by atoms with Crippen LogP contribution in [0.4, 0.5) is 5.69 Å². The fourth-order valence-corrected chi connectivity index (χ4v) is 6.58. The first kappa shape index (κ1) is 29.3. The largest absolute Gasteiger partial charge is 1.00 e. The van der Waals surface area contributed by atoms with E-state index in [1.807, 2.05) is 78.9 Å². The van der Waals surface area contributed by atoms with E-state index in [4.69, 9.17) is 0 Å². The minimum atomic E-state index is -3.93. The minimum absolute atomic E-state index is 0. The van der Waals surface area contributed by atoms with Gasteiger partial charge >= 0.3 is 0 Å². The number of benzene rings is 5. The van der Waals surface area contributed by atoms with E-state index in [1.54, 1.807) is 30.3 Å². The van der Waals surface area contributed by atoms with Gasteiger partial charge in [-0.1, -0.05) is 115 Å². The van der Waals surface area contributed by atoms with E-state index in [0.29, 0.717) is 25.3 Å². The molecule has 0 heterocycles. The van der Waals surface area contributed by atoms with Gasteiger partial charge in [-0.05, 0) is 23.6 Å². The summed E-state index contributed by atoms with van der Waals surface area (Å²) in [5, 5.41) is 13.2. The van der Waals surface area contributed by atoms with Gasteiger partial charge in [0.15, 0.2) is 0 Å². The zero-order valence-corrected chi connectivity index (χ0v) is 23.7. The van der Waals surface area contributed by atoms with E-state index in [1.165, 1.54) is 15.4 Å². The van der Waals surface area contributed by atoms with Crippen LogP contribution in [-0.4, -0.2) is 32.7 Å². The predicted molar refractivity (Wildman–Crippen MR) is 157 cm³/mol. The number of quaternary nitrogens is 1. The summed E-state index contributed by atoms with van der Waals surface area (Å²) >= 11 is 0. The van der Waals surface area contributed by atoms with Crippen LogP contribution in [-0.2, 0) is 23.1 Å². The summed E-state index contributed by atoms with van der Waals surface area (Å²) < 4.78 is 29.3. The number of sulfonamides is 1. The summed E-state index contributed by atoms with van der Waals surface area (Å²) in [6.45, 7) is 1.76. The first-order chi connectivity index (χ1) is 19.0. The van der Waals surface area contributed by atoms with Crippen molar-refractivity contribution in [3.05, 3.63) is 145 Å². The zero-order chi connectivity index (χ0) is 27.1. The molecular formula is C33H33ClN2O3S. The molecule has 1 unspecified atom stereocenters. The predicted octanol–water partition coefficient (Wildman–Crippen LogP) is 1.69. The summed E-state index contributed by atoms with van der Waals surface area (Å²) in [6.07, 6.45) is -0.898. The number of hydrogen-bond acceptors (Lipinski definition) is 3. The summed E-state index contributed by atoms with van der Waals surface area (Å²) in [5.74, 6) is 0. The van der Waals surface area contributed by atoms with Gasteiger partial charge in [0, 0.05) is 16.5 Å². The Hall–Kier alpha value is -3.68. The van der Waals surface area contributed by atoms with Crippen molar-refractivity contribution in [2.24, 2.45) is 0 Å². The van der Waals surface area contributed by atoms with Crippen molar-refractivity contribution in [2.45, 2.75) is 24.1 Å². The molecule has 5 aromatic rings. The Morgan fingerprint density at radius 3 is 1.75 bits per heavy atom.